The first-order chi connectivity index (χ1) is 6.86. The standard InChI is InChI=1S/C12H21ClO/c13-12-4-2-1-3-11(12)9-10-5-7-14-8-6-10/h10-12H,1-9H2. The smallest absolute Gasteiger partial charge is 0.0468 e. The van der Waals surface area contributed by atoms with Crippen LogP contribution < -0.4 is 0 Å². The molecule has 1 heterocycles. The third-order valence-electron chi connectivity index (χ3n) is 3.79. The van der Waals surface area contributed by atoms with Crippen LogP contribution in [0.3, 0.4) is 0 Å². The summed E-state index contributed by atoms with van der Waals surface area (Å²) in [7, 11) is 0. The van der Waals surface area contributed by atoms with Crippen LogP contribution in [-0.2, 0) is 4.74 Å². The molecule has 0 bridgehead atoms. The Kier molecular flexibility index (Phi) is 4.12. The van der Waals surface area contributed by atoms with Gasteiger partial charge in [0.25, 0.3) is 0 Å². The van der Waals surface area contributed by atoms with Crippen molar-refractivity contribution in [1.29, 1.82) is 0 Å². The molecule has 1 saturated carbocycles. The van der Waals surface area contributed by atoms with Gasteiger partial charge in [0.15, 0.2) is 0 Å². The summed E-state index contributed by atoms with van der Waals surface area (Å²) in [4.78, 5) is 0. The summed E-state index contributed by atoms with van der Waals surface area (Å²) < 4.78 is 5.38. The Morgan fingerprint density at radius 2 is 1.71 bits per heavy atom. The minimum absolute atomic E-state index is 0.464. The lowest BCUT2D eigenvalue weighted by Crippen LogP contribution is -2.25. The van der Waals surface area contributed by atoms with Crippen molar-refractivity contribution in [1.82, 2.24) is 0 Å². The van der Waals surface area contributed by atoms with Crippen LogP contribution in [-0.4, -0.2) is 18.6 Å². The van der Waals surface area contributed by atoms with Crippen LogP contribution in [0.1, 0.15) is 44.9 Å². The molecule has 0 aromatic rings. The molecule has 0 N–H and O–H groups in total. The molecular formula is C12H21ClO. The number of ether oxygens (including phenoxy) is 1. The maximum absolute atomic E-state index is 6.37. The summed E-state index contributed by atoms with van der Waals surface area (Å²) in [5, 5.41) is 0.464. The molecule has 1 saturated heterocycles. The fourth-order valence-corrected chi connectivity index (χ4v) is 3.22. The summed E-state index contributed by atoms with van der Waals surface area (Å²) in [5.41, 5.74) is 0. The minimum atomic E-state index is 0.464. The second kappa shape index (κ2) is 5.37. The fraction of sp³-hybridized carbons (Fsp3) is 1.00. The van der Waals surface area contributed by atoms with Crippen LogP contribution >= 0.6 is 11.6 Å². The van der Waals surface area contributed by atoms with Gasteiger partial charge in [-0.25, -0.2) is 0 Å². The average molecular weight is 217 g/mol. The van der Waals surface area contributed by atoms with Crippen molar-refractivity contribution in [3.8, 4) is 0 Å². The van der Waals surface area contributed by atoms with E-state index in [1.165, 1.54) is 44.9 Å². The maximum Gasteiger partial charge on any atom is 0.0468 e. The second-order valence-corrected chi connectivity index (χ2v) is 5.41. The monoisotopic (exact) mass is 216 g/mol. The Labute approximate surface area is 92.2 Å². The van der Waals surface area contributed by atoms with Crippen LogP contribution in [0.2, 0.25) is 0 Å². The van der Waals surface area contributed by atoms with Gasteiger partial charge in [-0.05, 0) is 43.9 Å². The first-order valence-corrected chi connectivity index (χ1v) is 6.51. The van der Waals surface area contributed by atoms with Gasteiger partial charge < -0.3 is 4.74 Å². The van der Waals surface area contributed by atoms with Gasteiger partial charge in [0.1, 0.15) is 0 Å². The van der Waals surface area contributed by atoms with E-state index >= 15 is 0 Å². The van der Waals surface area contributed by atoms with Crippen molar-refractivity contribution in [2.75, 3.05) is 13.2 Å². The molecule has 0 spiro atoms. The Bertz CT molecular complexity index is 166. The summed E-state index contributed by atoms with van der Waals surface area (Å²) in [6.07, 6.45) is 9.24. The van der Waals surface area contributed by atoms with Crippen LogP contribution in [0.25, 0.3) is 0 Å². The molecule has 2 heteroatoms. The highest BCUT2D eigenvalue weighted by atomic mass is 35.5. The van der Waals surface area contributed by atoms with E-state index in [0.717, 1.165) is 25.0 Å². The number of hydrogen-bond acceptors (Lipinski definition) is 1. The van der Waals surface area contributed by atoms with Crippen molar-refractivity contribution in [3.63, 3.8) is 0 Å². The summed E-state index contributed by atoms with van der Waals surface area (Å²) in [6.45, 7) is 1.95. The maximum atomic E-state index is 6.37. The summed E-state index contributed by atoms with van der Waals surface area (Å²) >= 11 is 6.37. The Morgan fingerprint density at radius 1 is 1.00 bits per heavy atom. The average Bonchev–Trinajstić information content (AvgIpc) is 2.23. The predicted octanol–water partition coefficient (Wildman–Crippen LogP) is 3.60. The number of alkyl halides is 1. The van der Waals surface area contributed by atoms with E-state index in [-0.39, 0.29) is 0 Å². The van der Waals surface area contributed by atoms with Gasteiger partial charge in [-0.1, -0.05) is 12.8 Å². The quantitative estimate of drug-likeness (QED) is 0.641. The van der Waals surface area contributed by atoms with E-state index in [9.17, 15) is 0 Å². The lowest BCUT2D eigenvalue weighted by atomic mass is 9.80. The first kappa shape index (κ1) is 10.8. The topological polar surface area (TPSA) is 9.23 Å². The molecule has 1 aliphatic heterocycles. The number of rotatable bonds is 2. The summed E-state index contributed by atoms with van der Waals surface area (Å²) in [5.74, 6) is 1.70. The van der Waals surface area contributed by atoms with Crippen molar-refractivity contribution in [2.24, 2.45) is 11.8 Å². The second-order valence-electron chi connectivity index (χ2n) is 4.85. The molecule has 2 unspecified atom stereocenters. The molecule has 2 aliphatic rings. The van der Waals surface area contributed by atoms with E-state index in [0.29, 0.717) is 5.38 Å². The van der Waals surface area contributed by atoms with Crippen molar-refractivity contribution < 1.29 is 4.74 Å². The van der Waals surface area contributed by atoms with Gasteiger partial charge in [-0.15, -0.1) is 11.6 Å². The molecule has 2 rings (SSSR count). The molecule has 0 amide bonds. The van der Waals surface area contributed by atoms with Gasteiger partial charge in [-0.2, -0.15) is 0 Å². The molecule has 0 aromatic carbocycles. The van der Waals surface area contributed by atoms with E-state index < -0.39 is 0 Å². The number of hydrogen-bond donors (Lipinski definition) is 0. The van der Waals surface area contributed by atoms with Gasteiger partial charge in [-0.3, -0.25) is 0 Å². The van der Waals surface area contributed by atoms with E-state index in [1.54, 1.807) is 0 Å². The molecule has 1 nitrogen and oxygen atoms in total. The Hall–Kier alpha value is 0.250. The molecule has 0 aromatic heterocycles. The van der Waals surface area contributed by atoms with Gasteiger partial charge in [0.05, 0.1) is 0 Å². The van der Waals surface area contributed by atoms with E-state index in [4.69, 9.17) is 16.3 Å². The molecular weight excluding hydrogens is 196 g/mol. The highest BCUT2D eigenvalue weighted by Gasteiger charge is 2.26. The van der Waals surface area contributed by atoms with Crippen LogP contribution in [0.5, 0.6) is 0 Å². The van der Waals surface area contributed by atoms with Crippen LogP contribution in [0.4, 0.5) is 0 Å². The lowest BCUT2D eigenvalue weighted by Gasteiger charge is -2.32. The first-order valence-electron chi connectivity index (χ1n) is 6.08. The van der Waals surface area contributed by atoms with Crippen LogP contribution in [0.15, 0.2) is 0 Å². The Balaban J connectivity index is 1.76. The zero-order valence-corrected chi connectivity index (χ0v) is 9.64. The highest BCUT2D eigenvalue weighted by molar-refractivity contribution is 6.20. The Morgan fingerprint density at radius 3 is 2.43 bits per heavy atom. The van der Waals surface area contributed by atoms with Crippen molar-refractivity contribution in [3.05, 3.63) is 0 Å². The molecule has 14 heavy (non-hydrogen) atoms. The van der Waals surface area contributed by atoms with Crippen molar-refractivity contribution in [2.45, 2.75) is 50.3 Å². The van der Waals surface area contributed by atoms with Gasteiger partial charge in [0.2, 0.25) is 0 Å². The van der Waals surface area contributed by atoms with E-state index in [2.05, 4.69) is 0 Å². The largest absolute Gasteiger partial charge is 0.381 e. The molecule has 82 valence electrons. The highest BCUT2D eigenvalue weighted by Crippen LogP contribution is 2.35. The minimum Gasteiger partial charge on any atom is -0.381 e. The molecule has 1 aliphatic carbocycles. The predicted molar refractivity (Wildman–Crippen MR) is 59.8 cm³/mol. The summed E-state index contributed by atoms with van der Waals surface area (Å²) in [6, 6.07) is 0. The van der Waals surface area contributed by atoms with Crippen molar-refractivity contribution >= 4 is 11.6 Å². The molecule has 2 atom stereocenters. The fourth-order valence-electron chi connectivity index (χ4n) is 2.84. The van der Waals surface area contributed by atoms with Crippen LogP contribution in [0, 0.1) is 11.8 Å². The number of halogens is 1. The molecule has 0 radical (unpaired) electrons. The zero-order chi connectivity index (χ0) is 9.80. The molecule has 2 fully saturated rings. The van der Waals surface area contributed by atoms with Gasteiger partial charge in [0, 0.05) is 18.6 Å². The van der Waals surface area contributed by atoms with Gasteiger partial charge >= 0.3 is 0 Å². The lowest BCUT2D eigenvalue weighted by molar-refractivity contribution is 0.0565. The normalized spacial score (nSPS) is 35.8. The zero-order valence-electron chi connectivity index (χ0n) is 8.88. The third-order valence-corrected chi connectivity index (χ3v) is 4.37. The van der Waals surface area contributed by atoms with E-state index in [1.807, 2.05) is 0 Å². The third kappa shape index (κ3) is 2.87. The SMILES string of the molecule is ClC1CCCCC1CC1CCOCC1.